The van der Waals surface area contributed by atoms with Crippen molar-refractivity contribution in [3.63, 3.8) is 0 Å². The van der Waals surface area contributed by atoms with Crippen molar-refractivity contribution in [2.24, 2.45) is 0 Å². The molecule has 1 amide bonds. The molecule has 2 rings (SSSR count). The molecule has 0 saturated heterocycles. The number of aromatic nitrogens is 1. The first-order valence-corrected chi connectivity index (χ1v) is 5.91. The topological polar surface area (TPSA) is 55.1 Å². The van der Waals surface area contributed by atoms with Gasteiger partial charge in [-0.3, -0.25) is 4.79 Å². The predicted molar refractivity (Wildman–Crippen MR) is 68.3 cm³/mol. The largest absolute Gasteiger partial charge is 0.459 e. The van der Waals surface area contributed by atoms with Crippen LogP contribution in [0.2, 0.25) is 5.15 Å². The average molecular weight is 316 g/mol. The molecule has 0 fully saturated rings. The summed E-state index contributed by atoms with van der Waals surface area (Å²) < 4.78 is 5.70. The molecule has 6 heteroatoms. The Balaban J connectivity index is 2.19. The van der Waals surface area contributed by atoms with Crippen molar-refractivity contribution in [2.45, 2.75) is 6.92 Å². The lowest BCUT2D eigenvalue weighted by Gasteiger charge is -2.04. The molecule has 1 N–H and O–H groups in total. The van der Waals surface area contributed by atoms with E-state index in [1.165, 1.54) is 12.5 Å². The molecule has 0 atom stereocenters. The van der Waals surface area contributed by atoms with Crippen LogP contribution in [0.15, 0.2) is 33.5 Å². The number of halogens is 2. The van der Waals surface area contributed by atoms with E-state index in [-0.39, 0.29) is 11.7 Å². The van der Waals surface area contributed by atoms with Crippen LogP contribution in [0.25, 0.3) is 0 Å². The average Bonchev–Trinajstić information content (AvgIpc) is 2.70. The van der Waals surface area contributed by atoms with Gasteiger partial charge < -0.3 is 9.73 Å². The summed E-state index contributed by atoms with van der Waals surface area (Å²) in [5, 5.41) is 3.01. The van der Waals surface area contributed by atoms with Gasteiger partial charge in [-0.15, -0.1) is 0 Å². The Morgan fingerprint density at radius 1 is 1.59 bits per heavy atom. The molecule has 0 saturated carbocycles. The molecule has 4 nitrogen and oxygen atoms in total. The second-order valence-electron chi connectivity index (χ2n) is 3.38. The van der Waals surface area contributed by atoms with Crippen molar-refractivity contribution in [3.05, 3.63) is 45.5 Å². The fourth-order valence-electron chi connectivity index (χ4n) is 1.28. The molecule has 0 unspecified atom stereocenters. The van der Waals surface area contributed by atoms with Gasteiger partial charge in [0.1, 0.15) is 5.15 Å². The molecule has 88 valence electrons. The van der Waals surface area contributed by atoms with Crippen LogP contribution < -0.4 is 5.32 Å². The van der Waals surface area contributed by atoms with Crippen LogP contribution in [0, 0.1) is 6.92 Å². The number of carbonyl (C=O) groups excluding carboxylic acids is 1. The molecule has 2 aromatic rings. The van der Waals surface area contributed by atoms with Gasteiger partial charge in [-0.2, -0.15) is 0 Å². The van der Waals surface area contributed by atoms with E-state index in [2.05, 4.69) is 26.2 Å². The van der Waals surface area contributed by atoms with Crippen molar-refractivity contribution >= 4 is 39.1 Å². The van der Waals surface area contributed by atoms with E-state index in [0.29, 0.717) is 15.3 Å². The number of hydrogen-bond donors (Lipinski definition) is 1. The van der Waals surface area contributed by atoms with Crippen molar-refractivity contribution < 1.29 is 9.21 Å². The molecule has 2 aromatic heterocycles. The van der Waals surface area contributed by atoms with Gasteiger partial charge in [0.15, 0.2) is 5.76 Å². The van der Waals surface area contributed by atoms with Crippen LogP contribution in [0.3, 0.4) is 0 Å². The van der Waals surface area contributed by atoms with Crippen LogP contribution in [0.5, 0.6) is 0 Å². The van der Waals surface area contributed by atoms with Crippen LogP contribution in [-0.2, 0) is 0 Å². The Hall–Kier alpha value is -1.33. The van der Waals surface area contributed by atoms with E-state index in [4.69, 9.17) is 16.0 Å². The number of pyridine rings is 1. The van der Waals surface area contributed by atoms with Crippen LogP contribution in [-0.4, -0.2) is 10.9 Å². The summed E-state index contributed by atoms with van der Waals surface area (Å²) in [6, 6.07) is 3.40. The highest BCUT2D eigenvalue weighted by Crippen LogP contribution is 2.23. The number of nitrogens with zero attached hydrogens (tertiary/aromatic N) is 1. The highest BCUT2D eigenvalue weighted by Gasteiger charge is 2.13. The Labute approximate surface area is 111 Å². The van der Waals surface area contributed by atoms with Crippen LogP contribution in [0.1, 0.15) is 16.1 Å². The Bertz CT molecular complexity index is 568. The van der Waals surface area contributed by atoms with E-state index < -0.39 is 0 Å². The van der Waals surface area contributed by atoms with E-state index >= 15 is 0 Å². The Morgan fingerprint density at radius 3 is 2.94 bits per heavy atom. The minimum absolute atomic E-state index is 0.288. The van der Waals surface area contributed by atoms with Gasteiger partial charge in [-0.05, 0) is 35.0 Å². The summed E-state index contributed by atoms with van der Waals surface area (Å²) in [7, 11) is 0. The predicted octanol–water partition coefficient (Wildman–Crippen LogP) is 3.65. The molecule has 2 heterocycles. The fourth-order valence-corrected chi connectivity index (χ4v) is 1.74. The lowest BCUT2D eigenvalue weighted by Crippen LogP contribution is -2.12. The third-order valence-corrected chi connectivity index (χ3v) is 3.26. The Morgan fingerprint density at radius 2 is 2.35 bits per heavy atom. The second kappa shape index (κ2) is 4.89. The summed E-state index contributed by atoms with van der Waals surface area (Å²) in [4.78, 5) is 15.7. The summed E-state index contributed by atoms with van der Waals surface area (Å²) in [6.45, 7) is 1.80. The zero-order valence-electron chi connectivity index (χ0n) is 8.83. The van der Waals surface area contributed by atoms with Gasteiger partial charge in [0.2, 0.25) is 0 Å². The minimum Gasteiger partial charge on any atom is -0.459 e. The van der Waals surface area contributed by atoms with Crippen molar-refractivity contribution in [3.8, 4) is 0 Å². The maximum absolute atomic E-state index is 11.8. The molecule has 17 heavy (non-hydrogen) atoms. The zero-order valence-corrected chi connectivity index (χ0v) is 11.2. The van der Waals surface area contributed by atoms with E-state index in [9.17, 15) is 4.79 Å². The van der Waals surface area contributed by atoms with E-state index in [1.54, 1.807) is 19.1 Å². The van der Waals surface area contributed by atoms with E-state index in [1.807, 2.05) is 0 Å². The highest BCUT2D eigenvalue weighted by atomic mass is 79.9. The SMILES string of the molecule is Cc1ccoc1C(=O)Nc1cnc(Cl)c(Br)c1. The highest BCUT2D eigenvalue weighted by molar-refractivity contribution is 9.10. The number of furan rings is 1. The third-order valence-electron chi connectivity index (χ3n) is 2.12. The van der Waals surface area contributed by atoms with Gasteiger partial charge in [-0.25, -0.2) is 4.98 Å². The van der Waals surface area contributed by atoms with Crippen LogP contribution in [0.4, 0.5) is 5.69 Å². The normalized spacial score (nSPS) is 10.3. The standard InChI is InChI=1S/C11H8BrClN2O2/c1-6-2-3-17-9(6)11(16)15-7-4-8(12)10(13)14-5-7/h2-5H,1H3,(H,15,16). The number of anilines is 1. The van der Waals surface area contributed by atoms with Gasteiger partial charge in [0, 0.05) is 5.56 Å². The third kappa shape index (κ3) is 2.68. The molecule has 0 spiro atoms. The molecule has 0 aromatic carbocycles. The molecule has 0 aliphatic heterocycles. The number of carbonyl (C=O) groups is 1. The summed E-state index contributed by atoms with van der Waals surface area (Å²) >= 11 is 8.98. The maximum Gasteiger partial charge on any atom is 0.291 e. The van der Waals surface area contributed by atoms with Gasteiger partial charge >= 0.3 is 0 Å². The molecule has 0 aliphatic carbocycles. The number of nitrogens with one attached hydrogen (secondary N) is 1. The summed E-state index contributed by atoms with van der Waals surface area (Å²) in [5.41, 5.74) is 1.32. The number of hydrogen-bond acceptors (Lipinski definition) is 3. The lowest BCUT2D eigenvalue weighted by atomic mass is 10.2. The monoisotopic (exact) mass is 314 g/mol. The lowest BCUT2D eigenvalue weighted by molar-refractivity contribution is 0.0996. The first-order chi connectivity index (χ1) is 8.08. The zero-order chi connectivity index (χ0) is 12.4. The van der Waals surface area contributed by atoms with Crippen molar-refractivity contribution in [2.75, 3.05) is 5.32 Å². The van der Waals surface area contributed by atoms with Crippen molar-refractivity contribution in [1.29, 1.82) is 0 Å². The molecule has 0 radical (unpaired) electrons. The number of aryl methyl sites for hydroxylation is 1. The Kier molecular flexibility index (Phi) is 3.49. The quantitative estimate of drug-likeness (QED) is 0.861. The van der Waals surface area contributed by atoms with Gasteiger partial charge in [-0.1, -0.05) is 11.6 Å². The first kappa shape index (κ1) is 12.1. The molecule has 0 aliphatic rings. The molecular formula is C11H8BrClN2O2. The summed E-state index contributed by atoms with van der Waals surface area (Å²) in [6.07, 6.45) is 2.95. The minimum atomic E-state index is -0.316. The van der Waals surface area contributed by atoms with E-state index in [0.717, 1.165) is 5.56 Å². The van der Waals surface area contributed by atoms with Gasteiger partial charge in [0.25, 0.3) is 5.91 Å². The summed E-state index contributed by atoms with van der Waals surface area (Å²) in [5.74, 6) is -0.0282. The molecular weight excluding hydrogens is 307 g/mol. The number of amides is 1. The fraction of sp³-hybridized carbons (Fsp3) is 0.0909. The van der Waals surface area contributed by atoms with Crippen LogP contribution >= 0.6 is 27.5 Å². The number of rotatable bonds is 2. The maximum atomic E-state index is 11.8. The van der Waals surface area contributed by atoms with Crippen molar-refractivity contribution in [1.82, 2.24) is 4.98 Å². The van der Waals surface area contributed by atoms with Gasteiger partial charge in [0.05, 0.1) is 22.6 Å². The molecule has 0 bridgehead atoms. The second-order valence-corrected chi connectivity index (χ2v) is 4.60. The first-order valence-electron chi connectivity index (χ1n) is 4.74. The smallest absolute Gasteiger partial charge is 0.291 e.